The number of hydrogen-bond donors (Lipinski definition) is 1. The van der Waals surface area contributed by atoms with Crippen LogP contribution in [0.25, 0.3) is 0 Å². The first-order chi connectivity index (χ1) is 9.61. The average molecular weight is 350 g/mol. The van der Waals surface area contributed by atoms with E-state index < -0.39 is 6.04 Å². The van der Waals surface area contributed by atoms with Crippen LogP contribution in [0.1, 0.15) is 22.0 Å². The van der Waals surface area contributed by atoms with Gasteiger partial charge in [-0.15, -0.1) is 0 Å². The first kappa shape index (κ1) is 14.6. The molecule has 2 aromatic carbocycles. The van der Waals surface area contributed by atoms with Crippen LogP contribution in [0.4, 0.5) is 0 Å². The van der Waals surface area contributed by atoms with Crippen molar-refractivity contribution in [1.29, 1.82) is 5.26 Å². The Kier molecular flexibility index (Phi) is 4.78. The number of benzene rings is 2. The second-order valence-electron chi connectivity index (χ2n) is 4.07. The third-order valence-electron chi connectivity index (χ3n) is 2.71. The largest absolute Gasteiger partial charge is 0.332 e. The number of nitriles is 1. The van der Waals surface area contributed by atoms with E-state index in [1.807, 2.05) is 6.07 Å². The van der Waals surface area contributed by atoms with Crippen LogP contribution in [0, 0.1) is 11.3 Å². The van der Waals surface area contributed by atoms with E-state index in [1.54, 1.807) is 42.5 Å². The van der Waals surface area contributed by atoms with Crippen molar-refractivity contribution >= 4 is 33.4 Å². The fourth-order valence-electron chi connectivity index (χ4n) is 1.73. The third-order valence-corrected chi connectivity index (χ3v) is 3.63. The zero-order chi connectivity index (χ0) is 14.5. The molecule has 1 atom stereocenters. The van der Waals surface area contributed by atoms with Gasteiger partial charge in [0.05, 0.1) is 11.6 Å². The molecule has 1 N–H and O–H groups in total. The Morgan fingerprint density at radius 3 is 2.65 bits per heavy atom. The van der Waals surface area contributed by atoms with Crippen LogP contribution in [-0.4, -0.2) is 5.91 Å². The molecule has 1 amide bonds. The predicted molar refractivity (Wildman–Crippen MR) is 81.4 cm³/mol. The summed E-state index contributed by atoms with van der Waals surface area (Å²) in [7, 11) is 0. The van der Waals surface area contributed by atoms with E-state index >= 15 is 0 Å². The highest BCUT2D eigenvalue weighted by Crippen LogP contribution is 2.20. The van der Waals surface area contributed by atoms with Crippen LogP contribution >= 0.6 is 27.5 Å². The number of hydrogen-bond acceptors (Lipinski definition) is 2. The van der Waals surface area contributed by atoms with Crippen molar-refractivity contribution in [3.63, 3.8) is 0 Å². The van der Waals surface area contributed by atoms with Crippen LogP contribution < -0.4 is 5.32 Å². The van der Waals surface area contributed by atoms with Crippen molar-refractivity contribution in [2.75, 3.05) is 0 Å². The lowest BCUT2D eigenvalue weighted by Gasteiger charge is -2.13. The fourth-order valence-corrected chi connectivity index (χ4v) is 2.39. The molecule has 0 saturated carbocycles. The molecule has 0 aromatic heterocycles. The zero-order valence-electron chi connectivity index (χ0n) is 10.3. The molecule has 0 fully saturated rings. The molecular weight excluding hydrogens is 340 g/mol. The van der Waals surface area contributed by atoms with Crippen LogP contribution in [0.5, 0.6) is 0 Å². The summed E-state index contributed by atoms with van der Waals surface area (Å²) in [6.45, 7) is 0. The molecule has 0 unspecified atom stereocenters. The zero-order valence-corrected chi connectivity index (χ0v) is 12.6. The summed E-state index contributed by atoms with van der Waals surface area (Å²) in [6, 6.07) is 15.2. The van der Waals surface area contributed by atoms with Gasteiger partial charge in [0.1, 0.15) is 6.04 Å². The van der Waals surface area contributed by atoms with Gasteiger partial charge in [-0.25, -0.2) is 0 Å². The smallest absolute Gasteiger partial charge is 0.253 e. The Morgan fingerprint density at radius 2 is 2.00 bits per heavy atom. The minimum Gasteiger partial charge on any atom is -0.332 e. The molecule has 0 radical (unpaired) electrons. The predicted octanol–water partition coefficient (Wildman–Crippen LogP) is 4.10. The monoisotopic (exact) mass is 348 g/mol. The van der Waals surface area contributed by atoms with Gasteiger partial charge in [0.15, 0.2) is 0 Å². The molecular formula is C15H10BrClN2O. The molecule has 5 heteroatoms. The van der Waals surface area contributed by atoms with E-state index in [0.717, 1.165) is 0 Å². The summed E-state index contributed by atoms with van der Waals surface area (Å²) >= 11 is 9.21. The SMILES string of the molecule is N#C[C@H](NC(=O)c1ccccc1Br)c1cccc(Cl)c1. The average Bonchev–Trinajstić information content (AvgIpc) is 2.45. The summed E-state index contributed by atoms with van der Waals surface area (Å²) < 4.78 is 0.681. The van der Waals surface area contributed by atoms with Crippen molar-refractivity contribution in [2.45, 2.75) is 6.04 Å². The van der Waals surface area contributed by atoms with Gasteiger partial charge < -0.3 is 5.32 Å². The molecule has 0 saturated heterocycles. The number of carbonyl (C=O) groups excluding carboxylic acids is 1. The Balaban J connectivity index is 2.22. The topological polar surface area (TPSA) is 52.9 Å². The number of amides is 1. The van der Waals surface area contributed by atoms with E-state index in [9.17, 15) is 10.1 Å². The van der Waals surface area contributed by atoms with Gasteiger partial charge >= 0.3 is 0 Å². The number of nitrogens with zero attached hydrogens (tertiary/aromatic N) is 1. The molecule has 20 heavy (non-hydrogen) atoms. The second kappa shape index (κ2) is 6.56. The van der Waals surface area contributed by atoms with E-state index in [4.69, 9.17) is 11.6 Å². The number of rotatable bonds is 3. The van der Waals surface area contributed by atoms with Gasteiger partial charge in [-0.05, 0) is 45.8 Å². The Hall–Kier alpha value is -1.83. The lowest BCUT2D eigenvalue weighted by atomic mass is 10.1. The van der Waals surface area contributed by atoms with Crippen LogP contribution in [-0.2, 0) is 0 Å². The van der Waals surface area contributed by atoms with Gasteiger partial charge in [-0.1, -0.05) is 35.9 Å². The molecule has 100 valence electrons. The van der Waals surface area contributed by atoms with E-state index in [1.165, 1.54) is 0 Å². The number of nitrogens with one attached hydrogen (secondary N) is 1. The first-order valence-corrected chi connectivity index (χ1v) is 6.99. The van der Waals surface area contributed by atoms with Crippen molar-refractivity contribution in [1.82, 2.24) is 5.32 Å². The third kappa shape index (κ3) is 3.38. The molecule has 2 rings (SSSR count). The molecule has 0 spiro atoms. The highest BCUT2D eigenvalue weighted by atomic mass is 79.9. The summed E-state index contributed by atoms with van der Waals surface area (Å²) in [5.74, 6) is -0.316. The van der Waals surface area contributed by atoms with E-state index in [0.29, 0.717) is 20.6 Å². The quantitative estimate of drug-likeness (QED) is 0.907. The van der Waals surface area contributed by atoms with Crippen LogP contribution in [0.3, 0.4) is 0 Å². The maximum atomic E-state index is 12.2. The molecule has 0 bridgehead atoms. The van der Waals surface area contributed by atoms with Gasteiger partial charge in [0.2, 0.25) is 0 Å². The summed E-state index contributed by atoms with van der Waals surface area (Å²) in [4.78, 5) is 12.2. The van der Waals surface area contributed by atoms with Crippen molar-refractivity contribution in [3.8, 4) is 6.07 Å². The molecule has 0 aliphatic carbocycles. The lowest BCUT2D eigenvalue weighted by Crippen LogP contribution is -2.27. The van der Waals surface area contributed by atoms with Gasteiger partial charge in [-0.2, -0.15) is 5.26 Å². The molecule has 0 aliphatic rings. The standard InChI is InChI=1S/C15H10BrClN2O/c16-13-7-2-1-6-12(13)15(20)19-14(9-18)10-4-3-5-11(17)8-10/h1-8,14H,(H,19,20)/t14-/m0/s1. The van der Waals surface area contributed by atoms with E-state index in [2.05, 4.69) is 27.3 Å². The minimum absolute atomic E-state index is 0.316. The molecule has 3 nitrogen and oxygen atoms in total. The maximum Gasteiger partial charge on any atom is 0.253 e. The van der Waals surface area contributed by atoms with Crippen LogP contribution in [0.15, 0.2) is 53.0 Å². The Bertz CT molecular complexity index is 682. The van der Waals surface area contributed by atoms with E-state index in [-0.39, 0.29) is 5.91 Å². The number of halogens is 2. The molecule has 0 aliphatic heterocycles. The molecule has 0 heterocycles. The van der Waals surface area contributed by atoms with Gasteiger partial charge in [0.25, 0.3) is 5.91 Å². The normalized spacial score (nSPS) is 11.4. The first-order valence-electron chi connectivity index (χ1n) is 5.82. The van der Waals surface area contributed by atoms with Crippen LogP contribution in [0.2, 0.25) is 5.02 Å². The van der Waals surface area contributed by atoms with Gasteiger partial charge in [-0.3, -0.25) is 4.79 Å². The van der Waals surface area contributed by atoms with Crippen molar-refractivity contribution in [2.24, 2.45) is 0 Å². The summed E-state index contributed by atoms with van der Waals surface area (Å²) in [6.07, 6.45) is 0. The maximum absolute atomic E-state index is 12.2. The number of carbonyl (C=O) groups is 1. The Labute approximate surface area is 130 Å². The summed E-state index contributed by atoms with van der Waals surface area (Å²) in [5.41, 5.74) is 1.13. The minimum atomic E-state index is -0.742. The highest BCUT2D eigenvalue weighted by molar-refractivity contribution is 9.10. The molecule has 2 aromatic rings. The Morgan fingerprint density at radius 1 is 1.25 bits per heavy atom. The van der Waals surface area contributed by atoms with Crippen molar-refractivity contribution < 1.29 is 4.79 Å². The second-order valence-corrected chi connectivity index (χ2v) is 5.36. The van der Waals surface area contributed by atoms with Gasteiger partial charge in [0, 0.05) is 9.50 Å². The lowest BCUT2D eigenvalue weighted by molar-refractivity contribution is 0.0944. The highest BCUT2D eigenvalue weighted by Gasteiger charge is 2.16. The fraction of sp³-hybridized carbons (Fsp3) is 0.0667. The summed E-state index contributed by atoms with van der Waals surface area (Å²) in [5, 5.41) is 12.4. The van der Waals surface area contributed by atoms with Crippen molar-refractivity contribution in [3.05, 3.63) is 69.2 Å².